The van der Waals surface area contributed by atoms with Crippen LogP contribution in [0, 0.1) is 5.92 Å². The molecule has 0 aliphatic rings. The summed E-state index contributed by atoms with van der Waals surface area (Å²) in [5.41, 5.74) is 0. The van der Waals surface area contributed by atoms with E-state index in [0.717, 1.165) is 6.42 Å². The molecule has 1 atom stereocenters. The topological polar surface area (TPSA) is 71.3 Å². The highest BCUT2D eigenvalue weighted by atomic mass is 79.9. The Morgan fingerprint density at radius 2 is 2.05 bits per heavy atom. The Balaban J connectivity index is 2.99. The molecule has 1 unspecified atom stereocenters. The van der Waals surface area contributed by atoms with Gasteiger partial charge < -0.3 is 9.73 Å². The summed E-state index contributed by atoms with van der Waals surface area (Å²) >= 11 is 3.16. The zero-order valence-corrected chi connectivity index (χ0v) is 14.1. The first-order valence-electron chi connectivity index (χ1n) is 6.27. The summed E-state index contributed by atoms with van der Waals surface area (Å²) < 4.78 is 33.0. The van der Waals surface area contributed by atoms with Crippen molar-refractivity contribution < 1.29 is 12.8 Å². The molecular formula is C12H21BrN2O3S. The van der Waals surface area contributed by atoms with E-state index in [-0.39, 0.29) is 21.5 Å². The van der Waals surface area contributed by atoms with E-state index in [1.165, 1.54) is 6.07 Å². The van der Waals surface area contributed by atoms with Crippen molar-refractivity contribution in [2.24, 2.45) is 5.92 Å². The lowest BCUT2D eigenvalue weighted by atomic mass is 10.0. The lowest BCUT2D eigenvalue weighted by molar-refractivity contribution is 0.435. The standard InChI is InChI=1S/C12H21BrN2O3S/c1-5-10(8(2)3)15-19(16,17)11-6-9(7-14-4)18-12(11)13/h6,8,10,14-15H,5,7H2,1-4H3. The van der Waals surface area contributed by atoms with Crippen molar-refractivity contribution in [1.29, 1.82) is 0 Å². The molecule has 1 heterocycles. The molecule has 0 spiro atoms. The van der Waals surface area contributed by atoms with Crippen LogP contribution >= 0.6 is 15.9 Å². The highest BCUT2D eigenvalue weighted by molar-refractivity contribution is 9.10. The van der Waals surface area contributed by atoms with Crippen molar-refractivity contribution in [2.45, 2.75) is 44.7 Å². The average molecular weight is 353 g/mol. The second-order valence-electron chi connectivity index (χ2n) is 4.76. The largest absolute Gasteiger partial charge is 0.452 e. The van der Waals surface area contributed by atoms with Crippen LogP contribution in [-0.2, 0) is 16.6 Å². The third-order valence-electron chi connectivity index (χ3n) is 2.90. The van der Waals surface area contributed by atoms with E-state index < -0.39 is 10.0 Å². The predicted molar refractivity (Wildman–Crippen MR) is 78.4 cm³/mol. The second kappa shape index (κ2) is 6.88. The number of furan rings is 1. The minimum atomic E-state index is -3.56. The van der Waals surface area contributed by atoms with Crippen LogP contribution in [-0.4, -0.2) is 21.5 Å². The SMILES string of the molecule is CCC(NS(=O)(=O)c1cc(CNC)oc1Br)C(C)C. The summed E-state index contributed by atoms with van der Waals surface area (Å²) in [5.74, 6) is 0.814. The number of hydrogen-bond donors (Lipinski definition) is 2. The lowest BCUT2D eigenvalue weighted by Gasteiger charge is -2.20. The smallest absolute Gasteiger partial charge is 0.245 e. The van der Waals surface area contributed by atoms with Gasteiger partial charge in [-0.1, -0.05) is 20.8 Å². The van der Waals surface area contributed by atoms with Crippen molar-refractivity contribution in [3.8, 4) is 0 Å². The van der Waals surface area contributed by atoms with E-state index in [9.17, 15) is 8.42 Å². The summed E-state index contributed by atoms with van der Waals surface area (Å²) in [4.78, 5) is 0.150. The summed E-state index contributed by atoms with van der Waals surface area (Å²) in [6, 6.07) is 1.45. The highest BCUT2D eigenvalue weighted by Crippen LogP contribution is 2.26. The van der Waals surface area contributed by atoms with Crippen LogP contribution in [0.15, 0.2) is 20.0 Å². The maximum absolute atomic E-state index is 12.3. The third kappa shape index (κ3) is 4.30. The van der Waals surface area contributed by atoms with Gasteiger partial charge in [0.1, 0.15) is 10.7 Å². The Bertz CT molecular complexity index is 511. The fourth-order valence-corrected chi connectivity index (χ4v) is 4.26. The molecule has 0 aliphatic heterocycles. The van der Waals surface area contributed by atoms with E-state index >= 15 is 0 Å². The zero-order valence-electron chi connectivity index (χ0n) is 11.7. The van der Waals surface area contributed by atoms with Gasteiger partial charge in [0, 0.05) is 12.1 Å². The van der Waals surface area contributed by atoms with Gasteiger partial charge in [0.25, 0.3) is 0 Å². The Labute approximate surface area is 123 Å². The molecule has 0 amide bonds. The fraction of sp³-hybridized carbons (Fsp3) is 0.667. The Kier molecular flexibility index (Phi) is 6.04. The van der Waals surface area contributed by atoms with Crippen LogP contribution in [0.5, 0.6) is 0 Å². The van der Waals surface area contributed by atoms with E-state index in [0.29, 0.717) is 12.3 Å². The van der Waals surface area contributed by atoms with Crippen molar-refractivity contribution in [1.82, 2.24) is 10.0 Å². The van der Waals surface area contributed by atoms with Crippen molar-refractivity contribution in [2.75, 3.05) is 7.05 Å². The number of halogens is 1. The maximum atomic E-state index is 12.3. The van der Waals surface area contributed by atoms with Crippen molar-refractivity contribution in [3.63, 3.8) is 0 Å². The first-order valence-corrected chi connectivity index (χ1v) is 8.54. The van der Waals surface area contributed by atoms with E-state index in [1.54, 1.807) is 7.05 Å². The van der Waals surface area contributed by atoms with Gasteiger partial charge in [0.15, 0.2) is 4.67 Å². The van der Waals surface area contributed by atoms with Gasteiger partial charge >= 0.3 is 0 Å². The average Bonchev–Trinajstić information content (AvgIpc) is 2.68. The number of nitrogens with one attached hydrogen (secondary N) is 2. The molecule has 5 nitrogen and oxygen atoms in total. The fourth-order valence-electron chi connectivity index (χ4n) is 1.80. The normalized spacial score (nSPS) is 14.0. The van der Waals surface area contributed by atoms with Gasteiger partial charge in [0.05, 0.1) is 6.54 Å². The van der Waals surface area contributed by atoms with Crippen LogP contribution in [0.3, 0.4) is 0 Å². The molecule has 19 heavy (non-hydrogen) atoms. The molecule has 0 saturated heterocycles. The molecule has 0 fully saturated rings. The molecule has 1 aromatic rings. The van der Waals surface area contributed by atoms with Gasteiger partial charge in [-0.25, -0.2) is 13.1 Å². The summed E-state index contributed by atoms with van der Waals surface area (Å²) in [5, 5.41) is 2.92. The molecule has 110 valence electrons. The Morgan fingerprint density at radius 3 is 2.53 bits per heavy atom. The molecule has 0 bridgehead atoms. The van der Waals surface area contributed by atoms with Gasteiger partial charge in [0.2, 0.25) is 10.0 Å². The summed E-state index contributed by atoms with van der Waals surface area (Å²) in [6.45, 7) is 6.43. The van der Waals surface area contributed by atoms with Gasteiger partial charge in [-0.3, -0.25) is 0 Å². The van der Waals surface area contributed by atoms with Gasteiger partial charge in [-0.2, -0.15) is 0 Å². The molecule has 7 heteroatoms. The van der Waals surface area contributed by atoms with Gasteiger partial charge in [-0.15, -0.1) is 0 Å². The second-order valence-corrected chi connectivity index (χ2v) is 7.16. The van der Waals surface area contributed by atoms with Crippen molar-refractivity contribution in [3.05, 3.63) is 16.5 Å². The number of sulfonamides is 1. The third-order valence-corrected chi connectivity index (χ3v) is 5.24. The molecule has 2 N–H and O–H groups in total. The lowest BCUT2D eigenvalue weighted by Crippen LogP contribution is -2.37. The van der Waals surface area contributed by atoms with Crippen LogP contribution in [0.2, 0.25) is 0 Å². The molecule has 1 aromatic heterocycles. The van der Waals surface area contributed by atoms with Crippen LogP contribution in [0.1, 0.15) is 33.0 Å². The van der Waals surface area contributed by atoms with Crippen LogP contribution in [0.25, 0.3) is 0 Å². The first kappa shape index (κ1) is 16.7. The molecule has 0 radical (unpaired) electrons. The number of hydrogen-bond acceptors (Lipinski definition) is 4. The molecule has 0 saturated carbocycles. The first-order chi connectivity index (χ1) is 8.81. The van der Waals surface area contributed by atoms with E-state index in [4.69, 9.17) is 4.42 Å². The number of rotatable bonds is 7. The molecule has 0 aliphatic carbocycles. The predicted octanol–water partition coefficient (Wildman–Crippen LogP) is 2.47. The van der Waals surface area contributed by atoms with E-state index in [1.807, 2.05) is 20.8 Å². The Hall–Kier alpha value is -0.370. The quantitative estimate of drug-likeness (QED) is 0.790. The molecule has 0 aromatic carbocycles. The van der Waals surface area contributed by atoms with Crippen LogP contribution < -0.4 is 10.0 Å². The summed E-state index contributed by atoms with van der Waals surface area (Å²) in [6.07, 6.45) is 0.746. The van der Waals surface area contributed by atoms with E-state index in [2.05, 4.69) is 26.0 Å². The maximum Gasteiger partial charge on any atom is 0.245 e. The molecule has 1 rings (SSSR count). The molecular weight excluding hydrogens is 332 g/mol. The Morgan fingerprint density at radius 1 is 1.42 bits per heavy atom. The highest BCUT2D eigenvalue weighted by Gasteiger charge is 2.26. The minimum Gasteiger partial charge on any atom is -0.452 e. The van der Waals surface area contributed by atoms with Gasteiger partial charge in [-0.05, 0) is 35.3 Å². The monoisotopic (exact) mass is 352 g/mol. The summed E-state index contributed by atoms with van der Waals surface area (Å²) in [7, 11) is -1.79. The van der Waals surface area contributed by atoms with Crippen LogP contribution in [0.4, 0.5) is 0 Å². The zero-order chi connectivity index (χ0) is 14.6. The van der Waals surface area contributed by atoms with Crippen molar-refractivity contribution >= 4 is 26.0 Å². The minimum absolute atomic E-state index is 0.0837.